The van der Waals surface area contributed by atoms with Gasteiger partial charge in [-0.3, -0.25) is 0 Å². The van der Waals surface area contributed by atoms with E-state index in [-0.39, 0.29) is 12.5 Å². The Labute approximate surface area is 125 Å². The molecule has 0 spiro atoms. The lowest BCUT2D eigenvalue weighted by Crippen LogP contribution is -2.20. The Hall–Kier alpha value is -0.590. The highest BCUT2D eigenvalue weighted by molar-refractivity contribution is 9.10. The number of benzene rings is 1. The fourth-order valence-corrected chi connectivity index (χ4v) is 2.39. The predicted octanol–water partition coefficient (Wildman–Crippen LogP) is 3.93. The van der Waals surface area contributed by atoms with Crippen molar-refractivity contribution in [1.29, 1.82) is 0 Å². The molecule has 1 aromatic rings. The van der Waals surface area contributed by atoms with Crippen LogP contribution in [0, 0.1) is 5.92 Å². The van der Waals surface area contributed by atoms with Crippen LogP contribution >= 0.6 is 15.9 Å². The van der Waals surface area contributed by atoms with Crippen molar-refractivity contribution in [3.8, 4) is 0 Å². The van der Waals surface area contributed by atoms with Crippen molar-refractivity contribution >= 4 is 15.9 Å². The number of rotatable bonds is 8. The van der Waals surface area contributed by atoms with Crippen LogP contribution in [0.4, 0.5) is 13.2 Å². The molecule has 0 aliphatic heterocycles. The summed E-state index contributed by atoms with van der Waals surface area (Å²) in [6, 6.07) is 7.89. The van der Waals surface area contributed by atoms with Gasteiger partial charge >= 0.3 is 6.18 Å². The first kappa shape index (κ1) is 17.5. The number of ether oxygens (including phenoxy) is 1. The van der Waals surface area contributed by atoms with Crippen LogP contribution in [0.3, 0.4) is 0 Å². The van der Waals surface area contributed by atoms with Gasteiger partial charge in [-0.1, -0.05) is 34.1 Å². The molecule has 2 nitrogen and oxygen atoms in total. The van der Waals surface area contributed by atoms with Crippen LogP contribution in [-0.4, -0.2) is 25.9 Å². The van der Waals surface area contributed by atoms with Gasteiger partial charge in [0.05, 0.1) is 0 Å². The van der Waals surface area contributed by atoms with Crippen molar-refractivity contribution in [2.45, 2.75) is 25.4 Å². The summed E-state index contributed by atoms with van der Waals surface area (Å²) in [6.45, 7) is -0.545. The second kappa shape index (κ2) is 8.64. The molecule has 114 valence electrons. The third-order valence-electron chi connectivity index (χ3n) is 2.97. The van der Waals surface area contributed by atoms with Gasteiger partial charge in [-0.05, 0) is 43.4 Å². The van der Waals surface area contributed by atoms with Crippen LogP contribution < -0.4 is 5.73 Å². The Kier molecular flexibility index (Phi) is 7.55. The van der Waals surface area contributed by atoms with Gasteiger partial charge in [-0.2, -0.15) is 13.2 Å². The second-order valence-corrected chi connectivity index (χ2v) is 5.56. The van der Waals surface area contributed by atoms with E-state index in [1.54, 1.807) is 0 Å². The maximum Gasteiger partial charge on any atom is 0.411 e. The maximum absolute atomic E-state index is 11.9. The second-order valence-electron chi connectivity index (χ2n) is 4.71. The van der Waals surface area contributed by atoms with Crippen LogP contribution in [0.15, 0.2) is 28.7 Å². The topological polar surface area (TPSA) is 35.2 Å². The summed E-state index contributed by atoms with van der Waals surface area (Å²) in [4.78, 5) is 0. The van der Waals surface area contributed by atoms with Crippen molar-refractivity contribution in [3.63, 3.8) is 0 Å². The molecule has 1 atom stereocenters. The molecule has 2 N–H and O–H groups in total. The molecule has 0 fully saturated rings. The Morgan fingerprint density at radius 3 is 2.55 bits per heavy atom. The smallest absolute Gasteiger partial charge is 0.372 e. The summed E-state index contributed by atoms with van der Waals surface area (Å²) in [5.74, 6) is 0.253. The summed E-state index contributed by atoms with van der Waals surface area (Å²) >= 11 is 3.48. The first-order valence-electron chi connectivity index (χ1n) is 6.50. The van der Waals surface area contributed by atoms with E-state index in [2.05, 4.69) is 20.7 Å². The van der Waals surface area contributed by atoms with Gasteiger partial charge < -0.3 is 10.5 Å². The van der Waals surface area contributed by atoms with E-state index in [9.17, 15) is 13.2 Å². The zero-order valence-electron chi connectivity index (χ0n) is 11.1. The third kappa shape index (κ3) is 7.26. The molecule has 0 aliphatic rings. The quantitative estimate of drug-likeness (QED) is 0.718. The average molecular weight is 354 g/mol. The Bertz CT molecular complexity index is 398. The number of hydrogen-bond donors (Lipinski definition) is 1. The highest BCUT2D eigenvalue weighted by Gasteiger charge is 2.27. The molecule has 0 saturated carbocycles. The van der Waals surface area contributed by atoms with Crippen molar-refractivity contribution in [2.24, 2.45) is 11.7 Å². The highest BCUT2D eigenvalue weighted by atomic mass is 79.9. The average Bonchev–Trinajstić information content (AvgIpc) is 2.38. The standard InChI is InChI=1S/C14H19BrF3NO/c15-13-6-2-1-5-12(13)8-11(9-19)4-3-7-20-10-14(16,17)18/h1-2,5-6,11H,3-4,7-10,19H2. The van der Waals surface area contributed by atoms with E-state index in [1.165, 1.54) is 5.56 Å². The SMILES string of the molecule is NCC(CCCOCC(F)(F)F)Cc1ccccc1Br. The van der Waals surface area contributed by atoms with Gasteiger partial charge in [0.15, 0.2) is 0 Å². The molecule has 0 aromatic heterocycles. The van der Waals surface area contributed by atoms with E-state index in [0.717, 1.165) is 17.3 Å². The summed E-state index contributed by atoms with van der Waals surface area (Å²) in [7, 11) is 0. The molecule has 0 amide bonds. The lowest BCUT2D eigenvalue weighted by molar-refractivity contribution is -0.174. The maximum atomic E-state index is 11.9. The van der Waals surface area contributed by atoms with E-state index in [4.69, 9.17) is 5.73 Å². The van der Waals surface area contributed by atoms with E-state index >= 15 is 0 Å². The van der Waals surface area contributed by atoms with Crippen molar-refractivity contribution in [2.75, 3.05) is 19.8 Å². The fourth-order valence-electron chi connectivity index (χ4n) is 1.94. The molecular weight excluding hydrogens is 335 g/mol. The third-order valence-corrected chi connectivity index (χ3v) is 3.74. The van der Waals surface area contributed by atoms with Crippen molar-refractivity contribution < 1.29 is 17.9 Å². The minimum atomic E-state index is -4.25. The van der Waals surface area contributed by atoms with Gasteiger partial charge in [-0.25, -0.2) is 0 Å². The summed E-state index contributed by atoms with van der Waals surface area (Å²) in [5, 5.41) is 0. The molecule has 6 heteroatoms. The van der Waals surface area contributed by atoms with Crippen LogP contribution in [-0.2, 0) is 11.2 Å². The van der Waals surface area contributed by atoms with Crippen LogP contribution in [0.2, 0.25) is 0 Å². The Morgan fingerprint density at radius 1 is 1.25 bits per heavy atom. The molecule has 0 bridgehead atoms. The molecule has 0 radical (unpaired) electrons. The van der Waals surface area contributed by atoms with Gasteiger partial charge in [0.25, 0.3) is 0 Å². The molecule has 1 rings (SSSR count). The van der Waals surface area contributed by atoms with E-state index in [0.29, 0.717) is 13.0 Å². The van der Waals surface area contributed by atoms with Crippen molar-refractivity contribution in [3.05, 3.63) is 34.3 Å². The monoisotopic (exact) mass is 353 g/mol. The summed E-state index contributed by atoms with van der Waals surface area (Å²) in [6.07, 6.45) is -2.09. The molecule has 0 saturated heterocycles. The zero-order valence-corrected chi connectivity index (χ0v) is 12.7. The molecule has 20 heavy (non-hydrogen) atoms. The van der Waals surface area contributed by atoms with Crippen LogP contribution in [0.25, 0.3) is 0 Å². The number of hydrogen-bond acceptors (Lipinski definition) is 2. The zero-order chi connectivity index (χ0) is 15.0. The number of alkyl halides is 3. The first-order chi connectivity index (χ1) is 9.42. The van der Waals surface area contributed by atoms with Crippen LogP contribution in [0.1, 0.15) is 18.4 Å². The molecule has 1 aromatic carbocycles. The Balaban J connectivity index is 2.28. The van der Waals surface area contributed by atoms with Crippen molar-refractivity contribution in [1.82, 2.24) is 0 Å². The van der Waals surface area contributed by atoms with Gasteiger partial charge in [0.1, 0.15) is 6.61 Å². The van der Waals surface area contributed by atoms with Crippen LogP contribution in [0.5, 0.6) is 0 Å². The van der Waals surface area contributed by atoms with Gasteiger partial charge in [-0.15, -0.1) is 0 Å². The predicted molar refractivity (Wildman–Crippen MR) is 76.5 cm³/mol. The van der Waals surface area contributed by atoms with Gasteiger partial charge in [0.2, 0.25) is 0 Å². The largest absolute Gasteiger partial charge is 0.411 e. The highest BCUT2D eigenvalue weighted by Crippen LogP contribution is 2.21. The molecule has 1 unspecified atom stereocenters. The first-order valence-corrected chi connectivity index (χ1v) is 7.29. The molecule has 0 heterocycles. The minimum Gasteiger partial charge on any atom is -0.372 e. The lowest BCUT2D eigenvalue weighted by Gasteiger charge is -2.16. The number of nitrogens with two attached hydrogens (primary N) is 1. The lowest BCUT2D eigenvalue weighted by atomic mass is 9.95. The normalized spacial score (nSPS) is 13.4. The molecule has 0 aliphatic carbocycles. The summed E-state index contributed by atoms with van der Waals surface area (Å²) in [5.41, 5.74) is 6.88. The van der Waals surface area contributed by atoms with Gasteiger partial charge in [0, 0.05) is 11.1 Å². The minimum absolute atomic E-state index is 0.117. The molecular formula is C14H19BrF3NO. The summed E-state index contributed by atoms with van der Waals surface area (Å²) < 4.78 is 41.3. The van der Waals surface area contributed by atoms with E-state index < -0.39 is 12.8 Å². The van der Waals surface area contributed by atoms with E-state index in [1.807, 2.05) is 24.3 Å². The fraction of sp³-hybridized carbons (Fsp3) is 0.571. The number of halogens is 4. The Morgan fingerprint density at radius 2 is 1.95 bits per heavy atom.